The molecule has 1 nitrogen and oxygen atoms in total. The van der Waals surface area contributed by atoms with Gasteiger partial charge in [0, 0.05) is 11.7 Å². The second kappa shape index (κ2) is 3.61. The molecule has 64 valence electrons. The Morgan fingerprint density at radius 2 is 1.67 bits per heavy atom. The van der Waals surface area contributed by atoms with Crippen molar-refractivity contribution >= 4 is 5.69 Å². The summed E-state index contributed by atoms with van der Waals surface area (Å²) in [4.78, 5) is 0. The molecule has 1 aliphatic rings. The Hall–Kier alpha value is -0.980. The Kier molecular flexibility index (Phi) is 2.31. The first kappa shape index (κ1) is 7.66. The second-order valence-corrected chi connectivity index (χ2v) is 3.49. The van der Waals surface area contributed by atoms with Crippen LogP contribution in [0, 0.1) is 0 Å². The molecule has 1 aromatic carbocycles. The van der Waals surface area contributed by atoms with Gasteiger partial charge in [-0.2, -0.15) is 0 Å². The lowest BCUT2D eigenvalue weighted by Crippen LogP contribution is -2.13. The van der Waals surface area contributed by atoms with Crippen LogP contribution in [0.2, 0.25) is 0 Å². The minimum Gasteiger partial charge on any atom is -0.382 e. The number of hydrogen-bond acceptors (Lipinski definition) is 1. The molecule has 0 aromatic heterocycles. The van der Waals surface area contributed by atoms with Crippen LogP contribution >= 0.6 is 0 Å². The van der Waals surface area contributed by atoms with Crippen molar-refractivity contribution in [2.45, 2.75) is 31.7 Å². The summed E-state index contributed by atoms with van der Waals surface area (Å²) in [5.41, 5.74) is 1.27. The van der Waals surface area contributed by atoms with Gasteiger partial charge < -0.3 is 5.32 Å². The predicted octanol–water partition coefficient (Wildman–Crippen LogP) is 3.04. The fourth-order valence-corrected chi connectivity index (χ4v) is 1.84. The Balaban J connectivity index is 1.94. The molecule has 1 saturated carbocycles. The Bertz CT molecular complexity index is 224. The largest absolute Gasteiger partial charge is 0.382 e. The zero-order valence-corrected chi connectivity index (χ0v) is 7.29. The monoisotopic (exact) mass is 161 g/mol. The molecule has 0 amide bonds. The standard InChI is InChI=1S/C11H15N/c1-2-6-10(7-3-1)12-11-8-4-5-9-11/h1-3,6-7,11-12H,4-5,8-9H2. The van der Waals surface area contributed by atoms with E-state index in [1.165, 1.54) is 31.4 Å². The van der Waals surface area contributed by atoms with Gasteiger partial charge in [0.15, 0.2) is 0 Å². The molecule has 12 heavy (non-hydrogen) atoms. The van der Waals surface area contributed by atoms with Crippen LogP contribution in [0.3, 0.4) is 0 Å². The molecule has 1 fully saturated rings. The highest BCUT2D eigenvalue weighted by atomic mass is 14.9. The fraction of sp³-hybridized carbons (Fsp3) is 0.455. The first-order valence-corrected chi connectivity index (χ1v) is 4.77. The number of benzene rings is 1. The van der Waals surface area contributed by atoms with Crippen LogP contribution in [0.5, 0.6) is 0 Å². The molecule has 1 aliphatic carbocycles. The Morgan fingerprint density at radius 1 is 1.00 bits per heavy atom. The summed E-state index contributed by atoms with van der Waals surface area (Å²) in [5, 5.41) is 3.54. The summed E-state index contributed by atoms with van der Waals surface area (Å²) in [7, 11) is 0. The fourth-order valence-electron chi connectivity index (χ4n) is 1.84. The maximum Gasteiger partial charge on any atom is 0.0342 e. The molecule has 0 atom stereocenters. The first-order chi connectivity index (χ1) is 5.95. The van der Waals surface area contributed by atoms with Gasteiger partial charge in [0.25, 0.3) is 0 Å². The second-order valence-electron chi connectivity index (χ2n) is 3.49. The van der Waals surface area contributed by atoms with Crippen molar-refractivity contribution in [3.63, 3.8) is 0 Å². The van der Waals surface area contributed by atoms with E-state index in [0.29, 0.717) is 0 Å². The van der Waals surface area contributed by atoms with Gasteiger partial charge in [-0.15, -0.1) is 0 Å². The Labute approximate surface area is 73.8 Å². The molecule has 0 heterocycles. The lowest BCUT2D eigenvalue weighted by atomic mass is 10.2. The SMILES string of the molecule is c1ccc(NC2CCCC2)cc1. The van der Waals surface area contributed by atoms with Crippen molar-refractivity contribution < 1.29 is 0 Å². The maximum atomic E-state index is 3.54. The summed E-state index contributed by atoms with van der Waals surface area (Å²) in [6.45, 7) is 0. The van der Waals surface area contributed by atoms with Crippen LogP contribution in [-0.4, -0.2) is 6.04 Å². The van der Waals surface area contributed by atoms with E-state index in [1.807, 2.05) is 0 Å². The molecule has 0 bridgehead atoms. The van der Waals surface area contributed by atoms with Crippen molar-refractivity contribution in [3.8, 4) is 0 Å². The van der Waals surface area contributed by atoms with Crippen molar-refractivity contribution in [3.05, 3.63) is 30.3 Å². The van der Waals surface area contributed by atoms with Crippen LogP contribution in [0.4, 0.5) is 5.69 Å². The zero-order valence-electron chi connectivity index (χ0n) is 7.29. The van der Waals surface area contributed by atoms with Gasteiger partial charge in [0.2, 0.25) is 0 Å². The van der Waals surface area contributed by atoms with E-state index in [4.69, 9.17) is 0 Å². The smallest absolute Gasteiger partial charge is 0.0342 e. The molecular weight excluding hydrogens is 146 g/mol. The Morgan fingerprint density at radius 3 is 2.33 bits per heavy atom. The number of anilines is 1. The summed E-state index contributed by atoms with van der Waals surface area (Å²) >= 11 is 0. The molecule has 2 rings (SSSR count). The molecule has 1 aromatic rings. The van der Waals surface area contributed by atoms with E-state index in [0.717, 1.165) is 6.04 Å². The molecule has 0 radical (unpaired) electrons. The first-order valence-electron chi connectivity index (χ1n) is 4.77. The van der Waals surface area contributed by atoms with E-state index in [1.54, 1.807) is 0 Å². The minimum absolute atomic E-state index is 0.729. The van der Waals surface area contributed by atoms with Gasteiger partial charge in [0.1, 0.15) is 0 Å². The van der Waals surface area contributed by atoms with Crippen molar-refractivity contribution in [2.24, 2.45) is 0 Å². The lowest BCUT2D eigenvalue weighted by Gasteiger charge is -2.12. The maximum absolute atomic E-state index is 3.54. The number of para-hydroxylation sites is 1. The van der Waals surface area contributed by atoms with Gasteiger partial charge in [-0.25, -0.2) is 0 Å². The van der Waals surface area contributed by atoms with Gasteiger partial charge in [0.05, 0.1) is 0 Å². The molecule has 0 spiro atoms. The third kappa shape index (κ3) is 1.79. The predicted molar refractivity (Wildman–Crippen MR) is 52.3 cm³/mol. The topological polar surface area (TPSA) is 12.0 Å². The zero-order chi connectivity index (χ0) is 8.23. The van der Waals surface area contributed by atoms with Crippen LogP contribution in [0.15, 0.2) is 30.3 Å². The molecule has 1 heteroatoms. The third-order valence-corrected chi connectivity index (χ3v) is 2.50. The number of nitrogens with one attached hydrogen (secondary N) is 1. The third-order valence-electron chi connectivity index (χ3n) is 2.50. The van der Waals surface area contributed by atoms with E-state index >= 15 is 0 Å². The van der Waals surface area contributed by atoms with Crippen molar-refractivity contribution in [1.29, 1.82) is 0 Å². The molecule has 0 unspecified atom stereocenters. The highest BCUT2D eigenvalue weighted by molar-refractivity contribution is 5.43. The van der Waals surface area contributed by atoms with Crippen LogP contribution in [0.1, 0.15) is 25.7 Å². The molecule has 0 saturated heterocycles. The van der Waals surface area contributed by atoms with Gasteiger partial charge in [-0.1, -0.05) is 31.0 Å². The average Bonchev–Trinajstić information content (AvgIpc) is 2.59. The van der Waals surface area contributed by atoms with Gasteiger partial charge >= 0.3 is 0 Å². The number of hydrogen-bond donors (Lipinski definition) is 1. The van der Waals surface area contributed by atoms with Crippen molar-refractivity contribution in [2.75, 3.05) is 5.32 Å². The van der Waals surface area contributed by atoms with Crippen LogP contribution < -0.4 is 5.32 Å². The summed E-state index contributed by atoms with van der Waals surface area (Å²) in [6, 6.07) is 11.2. The van der Waals surface area contributed by atoms with E-state index in [9.17, 15) is 0 Å². The quantitative estimate of drug-likeness (QED) is 0.703. The highest BCUT2D eigenvalue weighted by Gasteiger charge is 2.13. The van der Waals surface area contributed by atoms with Crippen LogP contribution in [-0.2, 0) is 0 Å². The van der Waals surface area contributed by atoms with Crippen LogP contribution in [0.25, 0.3) is 0 Å². The summed E-state index contributed by atoms with van der Waals surface area (Å²) in [6.07, 6.45) is 5.47. The van der Waals surface area contributed by atoms with Gasteiger partial charge in [-0.3, -0.25) is 0 Å². The summed E-state index contributed by atoms with van der Waals surface area (Å²) in [5.74, 6) is 0. The van der Waals surface area contributed by atoms with Gasteiger partial charge in [-0.05, 0) is 25.0 Å². The van der Waals surface area contributed by atoms with E-state index in [-0.39, 0.29) is 0 Å². The highest BCUT2D eigenvalue weighted by Crippen LogP contribution is 2.21. The van der Waals surface area contributed by atoms with E-state index in [2.05, 4.69) is 35.6 Å². The normalized spacial score (nSPS) is 18.0. The number of rotatable bonds is 2. The minimum atomic E-state index is 0.729. The summed E-state index contributed by atoms with van der Waals surface area (Å²) < 4.78 is 0. The lowest BCUT2D eigenvalue weighted by molar-refractivity contribution is 0.755. The molecule has 1 N–H and O–H groups in total. The molecular formula is C11H15N. The van der Waals surface area contributed by atoms with E-state index < -0.39 is 0 Å². The molecule has 0 aliphatic heterocycles. The van der Waals surface area contributed by atoms with Crippen molar-refractivity contribution in [1.82, 2.24) is 0 Å². The average molecular weight is 161 g/mol.